The molecule has 1 atom stereocenters. The Morgan fingerprint density at radius 3 is 2.53 bits per heavy atom. The van der Waals surface area contributed by atoms with E-state index >= 15 is 0 Å². The fraction of sp³-hybridized carbons (Fsp3) is 0.300. The molecular weight excluding hydrogens is 412 g/mol. The number of amidine groups is 1. The summed E-state index contributed by atoms with van der Waals surface area (Å²) < 4.78 is 49.3. The summed E-state index contributed by atoms with van der Waals surface area (Å²) in [5.41, 5.74) is 5.00. The second-order valence-corrected chi connectivity index (χ2v) is 10.4. The maximum absolute atomic E-state index is 14.7. The predicted octanol–water partition coefficient (Wildman–Crippen LogP) is 4.07. The van der Waals surface area contributed by atoms with Crippen molar-refractivity contribution in [1.82, 2.24) is 9.97 Å². The first-order valence-corrected chi connectivity index (χ1v) is 10.6. The van der Waals surface area contributed by atoms with Crippen LogP contribution in [0.5, 0.6) is 0 Å². The zero-order valence-electron chi connectivity index (χ0n) is 16.6. The Bertz CT molecular complexity index is 1090. The lowest BCUT2D eigenvalue weighted by molar-refractivity contribution is 0.416. The average molecular weight is 433 g/mol. The first-order valence-electron chi connectivity index (χ1n) is 8.91. The summed E-state index contributed by atoms with van der Waals surface area (Å²) in [6, 6.07) is 5.71. The van der Waals surface area contributed by atoms with Crippen LogP contribution in [-0.2, 0) is 5.54 Å². The summed E-state index contributed by atoms with van der Waals surface area (Å²) in [6.45, 7) is 4.70. The second kappa shape index (κ2) is 7.43. The molecule has 0 amide bonds. The summed E-state index contributed by atoms with van der Waals surface area (Å²) in [6.07, 6.45) is 3.41. The van der Waals surface area contributed by atoms with Crippen LogP contribution in [0.4, 0.5) is 8.78 Å². The van der Waals surface area contributed by atoms with Gasteiger partial charge < -0.3 is 5.73 Å². The molecule has 1 aromatic carbocycles. The highest BCUT2D eigenvalue weighted by atomic mass is 32.3. The highest BCUT2D eigenvalue weighted by Gasteiger charge is 2.49. The fourth-order valence-electron chi connectivity index (χ4n) is 3.09. The van der Waals surface area contributed by atoms with Crippen molar-refractivity contribution in [3.63, 3.8) is 0 Å². The topological polar surface area (TPSA) is 128 Å². The number of nitrogens with two attached hydrogens (primary N) is 1. The number of aromatic nitrogens is 2. The lowest BCUT2D eigenvalue weighted by atomic mass is 9.91. The predicted molar refractivity (Wildman–Crippen MR) is 113 cm³/mol. The van der Waals surface area contributed by atoms with Crippen molar-refractivity contribution in [2.75, 3.05) is 5.75 Å². The molecule has 0 saturated heterocycles. The average Bonchev–Trinajstić information content (AvgIpc) is 2.67. The molecule has 10 heteroatoms. The van der Waals surface area contributed by atoms with Gasteiger partial charge in [-0.15, -0.1) is 0 Å². The molecule has 4 N–H and O–H groups in total. The van der Waals surface area contributed by atoms with Crippen molar-refractivity contribution in [2.45, 2.75) is 31.1 Å². The van der Waals surface area contributed by atoms with Crippen molar-refractivity contribution in [3.8, 4) is 6.07 Å². The van der Waals surface area contributed by atoms with Gasteiger partial charge in [0, 0.05) is 5.56 Å². The van der Waals surface area contributed by atoms with Gasteiger partial charge in [-0.1, -0.05) is 6.07 Å². The molecule has 0 aliphatic carbocycles. The van der Waals surface area contributed by atoms with Crippen molar-refractivity contribution in [3.05, 3.63) is 58.9 Å². The van der Waals surface area contributed by atoms with E-state index in [1.165, 1.54) is 12.1 Å². The number of nitriles is 1. The zero-order chi connectivity index (χ0) is 22.3. The van der Waals surface area contributed by atoms with Crippen molar-refractivity contribution in [1.29, 1.82) is 5.26 Å². The quantitative estimate of drug-likeness (QED) is 0.669. The molecule has 0 radical (unpaired) electrons. The van der Waals surface area contributed by atoms with Gasteiger partial charge in [-0.25, -0.2) is 18.7 Å². The minimum Gasteiger partial charge on any atom is -0.386 e. The van der Waals surface area contributed by atoms with Gasteiger partial charge >= 0.3 is 0 Å². The largest absolute Gasteiger partial charge is 0.386 e. The highest BCUT2D eigenvalue weighted by molar-refractivity contribution is 8.26. The van der Waals surface area contributed by atoms with E-state index < -0.39 is 32.5 Å². The molecule has 30 heavy (non-hydrogen) atoms. The van der Waals surface area contributed by atoms with Crippen LogP contribution < -0.4 is 5.73 Å². The van der Waals surface area contributed by atoms with E-state index in [0.717, 1.165) is 24.5 Å². The third-order valence-corrected chi connectivity index (χ3v) is 7.97. The molecular formula is C20H21F2N5O2S. The smallest absolute Gasteiger partial charge is 0.158 e. The molecule has 1 aromatic heterocycles. The van der Waals surface area contributed by atoms with Crippen LogP contribution in [0.2, 0.25) is 0 Å². The molecule has 0 bridgehead atoms. The Morgan fingerprint density at radius 2 is 1.97 bits per heavy atom. The second-order valence-electron chi connectivity index (χ2n) is 7.72. The van der Waals surface area contributed by atoms with Gasteiger partial charge in [0.05, 0.1) is 18.1 Å². The van der Waals surface area contributed by atoms with Crippen LogP contribution in [0.15, 0.2) is 35.6 Å². The third-order valence-electron chi connectivity index (χ3n) is 5.16. The number of rotatable bonds is 3. The standard InChI is InChI=1S/C20H21F2N5O2S/c1-19(2)18(24)27-20(3,11-30(19,28)29)14-6-12(4-5-15(14)21)7-16(22)17-10-25-13(8-23)9-26-17/h4-7,9-10,28-29H,11H2,1-3H3,(H2,24,27). The van der Waals surface area contributed by atoms with Gasteiger partial charge in [0.15, 0.2) is 11.5 Å². The van der Waals surface area contributed by atoms with Crippen molar-refractivity contribution in [2.24, 2.45) is 10.7 Å². The van der Waals surface area contributed by atoms with E-state index in [0.29, 0.717) is 5.56 Å². The molecule has 0 spiro atoms. The SMILES string of the molecule is CC1(c2cc(C=C(F)c3cnc(C#N)cn3)ccc2F)CS(O)(O)C(C)(C)C(N)=N1. The van der Waals surface area contributed by atoms with Gasteiger partial charge in [0.25, 0.3) is 0 Å². The Morgan fingerprint density at radius 1 is 1.27 bits per heavy atom. The molecule has 1 aliphatic rings. The van der Waals surface area contributed by atoms with Crippen LogP contribution in [0.1, 0.15) is 43.3 Å². The summed E-state index contributed by atoms with van der Waals surface area (Å²) in [4.78, 5) is 12.0. The lowest BCUT2D eigenvalue weighted by Crippen LogP contribution is -2.52. The molecule has 2 heterocycles. The van der Waals surface area contributed by atoms with Crippen LogP contribution in [0, 0.1) is 17.1 Å². The summed E-state index contributed by atoms with van der Waals surface area (Å²) >= 11 is 0. The van der Waals surface area contributed by atoms with E-state index in [2.05, 4.69) is 15.0 Å². The monoisotopic (exact) mass is 433 g/mol. The Kier molecular flexibility index (Phi) is 5.41. The van der Waals surface area contributed by atoms with E-state index in [4.69, 9.17) is 11.0 Å². The number of hydrogen-bond donors (Lipinski definition) is 3. The van der Waals surface area contributed by atoms with Gasteiger partial charge in [-0.2, -0.15) is 15.9 Å². The van der Waals surface area contributed by atoms with E-state index in [9.17, 15) is 17.9 Å². The summed E-state index contributed by atoms with van der Waals surface area (Å²) in [7, 11) is -3.22. The van der Waals surface area contributed by atoms with E-state index in [1.807, 2.05) is 0 Å². The normalized spacial score (nSPS) is 23.9. The van der Waals surface area contributed by atoms with Gasteiger partial charge in [0.2, 0.25) is 0 Å². The fourth-order valence-corrected chi connectivity index (χ4v) is 4.83. The number of benzene rings is 1. The molecule has 3 rings (SSSR count). The van der Waals surface area contributed by atoms with Gasteiger partial charge in [0.1, 0.15) is 33.7 Å². The van der Waals surface area contributed by atoms with Crippen LogP contribution in [0.25, 0.3) is 11.9 Å². The number of nitrogens with zero attached hydrogens (tertiary/aromatic N) is 4. The Labute approximate surface area is 174 Å². The Hall–Kier alpha value is -2.87. The first kappa shape index (κ1) is 21.8. The number of hydrogen-bond acceptors (Lipinski definition) is 7. The van der Waals surface area contributed by atoms with Crippen molar-refractivity contribution < 1.29 is 17.9 Å². The Balaban J connectivity index is 2.03. The van der Waals surface area contributed by atoms with Crippen molar-refractivity contribution >= 4 is 28.3 Å². The molecule has 1 aliphatic heterocycles. The van der Waals surface area contributed by atoms with Crippen LogP contribution >= 0.6 is 10.6 Å². The van der Waals surface area contributed by atoms with Gasteiger partial charge in [-0.05, 0) is 44.5 Å². The van der Waals surface area contributed by atoms with E-state index in [1.54, 1.807) is 26.8 Å². The zero-order valence-corrected chi connectivity index (χ0v) is 17.4. The van der Waals surface area contributed by atoms with Crippen LogP contribution in [0.3, 0.4) is 0 Å². The molecule has 7 nitrogen and oxygen atoms in total. The molecule has 0 saturated carbocycles. The maximum Gasteiger partial charge on any atom is 0.158 e. The summed E-state index contributed by atoms with van der Waals surface area (Å²) in [5, 5.41) is 8.74. The number of aliphatic imine (C=N–C) groups is 1. The summed E-state index contributed by atoms with van der Waals surface area (Å²) in [5.74, 6) is -1.57. The van der Waals surface area contributed by atoms with Gasteiger partial charge in [-0.3, -0.25) is 14.1 Å². The molecule has 2 aromatic rings. The van der Waals surface area contributed by atoms with E-state index in [-0.39, 0.29) is 28.5 Å². The molecule has 1 unspecified atom stereocenters. The maximum atomic E-state index is 14.7. The van der Waals surface area contributed by atoms with Crippen LogP contribution in [-0.4, -0.2) is 35.4 Å². The minimum absolute atomic E-state index is 0.00985. The number of halogens is 2. The first-order chi connectivity index (χ1) is 13.9. The lowest BCUT2D eigenvalue weighted by Gasteiger charge is -2.53. The third kappa shape index (κ3) is 3.79. The highest BCUT2D eigenvalue weighted by Crippen LogP contribution is 2.59. The minimum atomic E-state index is -3.22. The molecule has 158 valence electrons. The molecule has 0 fully saturated rings.